The summed E-state index contributed by atoms with van der Waals surface area (Å²) < 4.78 is 26.6. The molecule has 0 saturated heterocycles. The van der Waals surface area contributed by atoms with Gasteiger partial charge in [0.25, 0.3) is 0 Å². The van der Waals surface area contributed by atoms with Crippen LogP contribution in [0.4, 0.5) is 8.78 Å². The normalized spacial score (nSPS) is 12.2. The standard InChI is InChI=1S/C14H16F2/c1-9(2)7-14(16)12(6)11(5)8-13(15)10(3)4/h7-8H,1,3,5-6H2,2,4H3/b13-8+,14-7+. The summed E-state index contributed by atoms with van der Waals surface area (Å²) in [4.78, 5) is 0. The molecule has 0 nitrogen and oxygen atoms in total. The molecule has 0 unspecified atom stereocenters. The van der Waals surface area contributed by atoms with Gasteiger partial charge in [0.15, 0.2) is 0 Å². The molecule has 0 aliphatic heterocycles. The maximum atomic E-state index is 13.4. The van der Waals surface area contributed by atoms with E-state index in [2.05, 4.69) is 26.3 Å². The maximum Gasteiger partial charge on any atom is 0.130 e. The number of halogens is 2. The van der Waals surface area contributed by atoms with E-state index in [1.807, 2.05) is 0 Å². The molecule has 0 fully saturated rings. The fourth-order valence-electron chi connectivity index (χ4n) is 0.820. The van der Waals surface area contributed by atoms with Crippen molar-refractivity contribution in [2.24, 2.45) is 0 Å². The SMILES string of the molecule is C=C(C)/C=C(/F)C(=C)C(=C)/C=C(/F)C(=C)C. The molecule has 0 heterocycles. The smallest absolute Gasteiger partial charge is 0.130 e. The second-order valence-electron chi connectivity index (χ2n) is 3.62. The van der Waals surface area contributed by atoms with Crippen LogP contribution >= 0.6 is 0 Å². The van der Waals surface area contributed by atoms with Crippen molar-refractivity contribution in [3.05, 3.63) is 72.4 Å². The third-order valence-electron chi connectivity index (χ3n) is 1.76. The maximum absolute atomic E-state index is 13.4. The molecular weight excluding hydrogens is 206 g/mol. The van der Waals surface area contributed by atoms with Crippen LogP contribution in [0.3, 0.4) is 0 Å². The number of hydrogen-bond acceptors (Lipinski definition) is 0. The van der Waals surface area contributed by atoms with Gasteiger partial charge in [0.2, 0.25) is 0 Å². The van der Waals surface area contributed by atoms with E-state index in [1.165, 1.54) is 13.0 Å². The van der Waals surface area contributed by atoms with Crippen LogP contribution in [0.15, 0.2) is 72.4 Å². The molecular formula is C14H16F2. The first-order valence-corrected chi connectivity index (χ1v) is 4.70. The largest absolute Gasteiger partial charge is 0.207 e. The van der Waals surface area contributed by atoms with E-state index in [0.29, 0.717) is 5.57 Å². The fourth-order valence-corrected chi connectivity index (χ4v) is 0.820. The van der Waals surface area contributed by atoms with E-state index in [4.69, 9.17) is 0 Å². The van der Waals surface area contributed by atoms with Gasteiger partial charge < -0.3 is 0 Å². The van der Waals surface area contributed by atoms with Crippen LogP contribution in [0.2, 0.25) is 0 Å². The van der Waals surface area contributed by atoms with Crippen molar-refractivity contribution < 1.29 is 8.78 Å². The van der Waals surface area contributed by atoms with E-state index in [-0.39, 0.29) is 16.7 Å². The van der Waals surface area contributed by atoms with Gasteiger partial charge in [0.05, 0.1) is 0 Å². The second kappa shape index (κ2) is 6.01. The minimum absolute atomic E-state index is 0.0411. The van der Waals surface area contributed by atoms with Gasteiger partial charge in [-0.3, -0.25) is 0 Å². The lowest BCUT2D eigenvalue weighted by Crippen LogP contribution is -1.87. The highest BCUT2D eigenvalue weighted by Crippen LogP contribution is 2.22. The molecule has 0 aromatic carbocycles. The van der Waals surface area contributed by atoms with Crippen LogP contribution in [-0.2, 0) is 0 Å². The summed E-state index contributed by atoms with van der Waals surface area (Å²) in [6.45, 7) is 17.2. The lowest BCUT2D eigenvalue weighted by Gasteiger charge is -2.03. The molecule has 0 atom stereocenters. The first-order valence-electron chi connectivity index (χ1n) is 4.70. The van der Waals surface area contributed by atoms with Crippen LogP contribution in [0.5, 0.6) is 0 Å². The van der Waals surface area contributed by atoms with Crippen LogP contribution in [0, 0.1) is 0 Å². The van der Waals surface area contributed by atoms with Crippen molar-refractivity contribution in [2.75, 3.05) is 0 Å². The number of rotatable bonds is 5. The molecule has 0 saturated carbocycles. The molecule has 0 N–H and O–H groups in total. The van der Waals surface area contributed by atoms with Crippen molar-refractivity contribution in [1.82, 2.24) is 0 Å². The predicted octanol–water partition coefficient (Wildman–Crippen LogP) is 4.96. The molecule has 86 valence electrons. The van der Waals surface area contributed by atoms with Gasteiger partial charge in [-0.1, -0.05) is 31.9 Å². The minimum atomic E-state index is -0.566. The summed E-state index contributed by atoms with van der Waals surface area (Å²) in [6, 6.07) is 0. The molecule has 0 amide bonds. The van der Waals surface area contributed by atoms with Gasteiger partial charge in [0.1, 0.15) is 11.7 Å². The van der Waals surface area contributed by atoms with E-state index < -0.39 is 11.7 Å². The molecule has 16 heavy (non-hydrogen) atoms. The molecule has 0 spiro atoms. The summed E-state index contributed by atoms with van der Waals surface area (Å²) in [5.74, 6) is -1.10. The lowest BCUT2D eigenvalue weighted by atomic mass is 10.1. The molecule has 0 rings (SSSR count). The van der Waals surface area contributed by atoms with E-state index in [0.717, 1.165) is 6.08 Å². The van der Waals surface area contributed by atoms with Gasteiger partial charge in [-0.15, -0.1) is 0 Å². The Labute approximate surface area is 95.7 Å². The molecule has 0 aromatic heterocycles. The Hall–Kier alpha value is -1.70. The van der Waals surface area contributed by atoms with Crippen molar-refractivity contribution in [1.29, 1.82) is 0 Å². The molecule has 0 aliphatic carbocycles. The summed E-state index contributed by atoms with van der Waals surface area (Å²) in [5.41, 5.74) is 1.03. The summed E-state index contributed by atoms with van der Waals surface area (Å²) >= 11 is 0. The van der Waals surface area contributed by atoms with Crippen molar-refractivity contribution in [2.45, 2.75) is 13.8 Å². The molecule has 2 heteroatoms. The number of allylic oxidation sites excluding steroid dienone is 8. The average Bonchev–Trinajstić information content (AvgIpc) is 2.14. The third-order valence-corrected chi connectivity index (χ3v) is 1.76. The Bertz CT molecular complexity index is 406. The highest BCUT2D eigenvalue weighted by Gasteiger charge is 2.06. The van der Waals surface area contributed by atoms with Crippen LogP contribution in [0.25, 0.3) is 0 Å². The summed E-state index contributed by atoms with van der Waals surface area (Å²) in [6.07, 6.45) is 2.33. The van der Waals surface area contributed by atoms with Crippen molar-refractivity contribution in [3.8, 4) is 0 Å². The topological polar surface area (TPSA) is 0 Å². The highest BCUT2D eigenvalue weighted by atomic mass is 19.1. The molecule has 0 aliphatic rings. The first kappa shape index (κ1) is 14.3. The second-order valence-corrected chi connectivity index (χ2v) is 3.62. The number of hydrogen-bond donors (Lipinski definition) is 0. The van der Waals surface area contributed by atoms with Gasteiger partial charge in [-0.05, 0) is 37.1 Å². The molecule has 0 bridgehead atoms. The monoisotopic (exact) mass is 222 g/mol. The zero-order valence-electron chi connectivity index (χ0n) is 9.74. The van der Waals surface area contributed by atoms with E-state index >= 15 is 0 Å². The summed E-state index contributed by atoms with van der Waals surface area (Å²) in [7, 11) is 0. The Balaban J connectivity index is 4.91. The zero-order chi connectivity index (χ0) is 12.9. The van der Waals surface area contributed by atoms with Crippen LogP contribution in [-0.4, -0.2) is 0 Å². The Morgan fingerprint density at radius 1 is 0.875 bits per heavy atom. The van der Waals surface area contributed by atoms with Gasteiger partial charge in [-0.25, -0.2) is 8.78 Å². The summed E-state index contributed by atoms with van der Waals surface area (Å²) in [5, 5.41) is 0. The van der Waals surface area contributed by atoms with Crippen molar-refractivity contribution >= 4 is 0 Å². The van der Waals surface area contributed by atoms with Gasteiger partial charge >= 0.3 is 0 Å². The Morgan fingerprint density at radius 2 is 1.38 bits per heavy atom. The van der Waals surface area contributed by atoms with E-state index in [9.17, 15) is 8.78 Å². The Morgan fingerprint density at radius 3 is 1.75 bits per heavy atom. The Kier molecular flexibility index (Phi) is 5.37. The first-order chi connectivity index (χ1) is 7.25. The average molecular weight is 222 g/mol. The van der Waals surface area contributed by atoms with Crippen LogP contribution < -0.4 is 0 Å². The molecule has 0 aromatic rings. The van der Waals surface area contributed by atoms with Gasteiger partial charge in [-0.2, -0.15) is 0 Å². The zero-order valence-corrected chi connectivity index (χ0v) is 9.74. The minimum Gasteiger partial charge on any atom is -0.207 e. The lowest BCUT2D eigenvalue weighted by molar-refractivity contribution is 0.646. The predicted molar refractivity (Wildman–Crippen MR) is 66.3 cm³/mol. The fraction of sp³-hybridized carbons (Fsp3) is 0.143. The quantitative estimate of drug-likeness (QED) is 0.577. The molecule has 0 radical (unpaired) electrons. The van der Waals surface area contributed by atoms with Crippen LogP contribution in [0.1, 0.15) is 13.8 Å². The third kappa shape index (κ3) is 4.69. The van der Waals surface area contributed by atoms with Crippen molar-refractivity contribution in [3.63, 3.8) is 0 Å². The van der Waals surface area contributed by atoms with E-state index in [1.54, 1.807) is 6.92 Å². The van der Waals surface area contributed by atoms with Gasteiger partial charge in [0, 0.05) is 5.57 Å². The highest BCUT2D eigenvalue weighted by molar-refractivity contribution is 5.49.